The van der Waals surface area contributed by atoms with Crippen LogP contribution in [-0.4, -0.2) is 43.6 Å². The highest BCUT2D eigenvalue weighted by Crippen LogP contribution is 2.35. The van der Waals surface area contributed by atoms with Gasteiger partial charge in [0, 0.05) is 19.2 Å². The van der Waals surface area contributed by atoms with Crippen molar-refractivity contribution < 1.29 is 19.4 Å². The van der Waals surface area contributed by atoms with Crippen molar-refractivity contribution in [2.24, 2.45) is 0 Å². The van der Waals surface area contributed by atoms with Crippen LogP contribution in [0.5, 0.6) is 5.75 Å². The zero-order valence-electron chi connectivity index (χ0n) is 16.6. The van der Waals surface area contributed by atoms with E-state index >= 15 is 0 Å². The zero-order valence-corrected chi connectivity index (χ0v) is 18.9. The number of esters is 1. The smallest absolute Gasteiger partial charge is 0.340 e. The first-order chi connectivity index (χ1) is 14.4. The molecule has 10 heteroatoms. The van der Waals surface area contributed by atoms with Crippen molar-refractivity contribution in [2.45, 2.75) is 12.8 Å². The van der Waals surface area contributed by atoms with Gasteiger partial charge in [-0.2, -0.15) is 0 Å². The fourth-order valence-electron chi connectivity index (χ4n) is 2.60. The number of thiocarbonyl (C=S) groups is 1. The van der Waals surface area contributed by atoms with Crippen LogP contribution >= 0.6 is 35.4 Å². The van der Waals surface area contributed by atoms with E-state index in [0.717, 1.165) is 0 Å². The Morgan fingerprint density at radius 2 is 1.83 bits per heavy atom. The molecule has 162 valence electrons. The lowest BCUT2D eigenvalue weighted by Gasteiger charge is -2.19. The van der Waals surface area contributed by atoms with Crippen molar-refractivity contribution in [1.82, 2.24) is 0 Å². The zero-order chi connectivity index (χ0) is 22.1. The molecular formula is C20H23Cl2N3O4S. The minimum absolute atomic E-state index is 0.0861. The molecule has 0 saturated carbocycles. The number of aliphatic hydroxyl groups excluding tert-OH is 1. The first kappa shape index (κ1) is 24.0. The molecule has 0 aliphatic carbocycles. The Balaban J connectivity index is 2.27. The lowest BCUT2D eigenvalue weighted by molar-refractivity contribution is 0.0602. The van der Waals surface area contributed by atoms with Crippen molar-refractivity contribution >= 4 is 63.6 Å². The molecule has 0 radical (unpaired) electrons. The molecule has 7 nitrogen and oxygen atoms in total. The van der Waals surface area contributed by atoms with Gasteiger partial charge in [0.1, 0.15) is 5.75 Å². The number of carbonyl (C=O) groups excluding carboxylic acids is 1. The summed E-state index contributed by atoms with van der Waals surface area (Å²) in [7, 11) is 2.85. The molecule has 0 aliphatic rings. The summed E-state index contributed by atoms with van der Waals surface area (Å²) in [5.41, 5.74) is 1.76. The molecular weight excluding hydrogens is 449 g/mol. The topological polar surface area (TPSA) is 91.9 Å². The highest BCUT2D eigenvalue weighted by atomic mass is 35.5. The maximum absolute atomic E-state index is 12.2. The third-order valence-corrected chi connectivity index (χ3v) is 4.94. The monoisotopic (exact) mass is 471 g/mol. The second kappa shape index (κ2) is 11.8. The third-order valence-electron chi connectivity index (χ3n) is 4.11. The third kappa shape index (κ3) is 6.37. The van der Waals surface area contributed by atoms with Gasteiger partial charge in [0.05, 0.1) is 46.9 Å². The molecule has 0 saturated heterocycles. The first-order valence-corrected chi connectivity index (χ1v) is 10.2. The van der Waals surface area contributed by atoms with Gasteiger partial charge in [-0.1, -0.05) is 23.2 Å². The van der Waals surface area contributed by atoms with E-state index in [1.54, 1.807) is 37.4 Å². The second-order valence-electron chi connectivity index (χ2n) is 6.12. The van der Waals surface area contributed by atoms with Crippen molar-refractivity contribution in [3.05, 3.63) is 45.9 Å². The van der Waals surface area contributed by atoms with Gasteiger partial charge in [-0.25, -0.2) is 4.79 Å². The fourth-order valence-corrected chi connectivity index (χ4v) is 3.24. The number of ether oxygens (including phenoxy) is 2. The lowest BCUT2D eigenvalue weighted by Crippen LogP contribution is -2.21. The number of nitrogens with one attached hydrogen (secondary N) is 3. The quantitative estimate of drug-likeness (QED) is 0.236. The highest BCUT2D eigenvalue weighted by molar-refractivity contribution is 7.80. The van der Waals surface area contributed by atoms with E-state index in [4.69, 9.17) is 50.0 Å². The van der Waals surface area contributed by atoms with Crippen molar-refractivity contribution in [2.75, 3.05) is 43.3 Å². The summed E-state index contributed by atoms with van der Waals surface area (Å²) < 4.78 is 10.0. The van der Waals surface area contributed by atoms with E-state index in [1.807, 2.05) is 0 Å². The predicted octanol–water partition coefficient (Wildman–Crippen LogP) is 4.78. The van der Waals surface area contributed by atoms with Crippen LogP contribution in [0.4, 0.5) is 17.1 Å². The highest BCUT2D eigenvalue weighted by Gasteiger charge is 2.19. The van der Waals surface area contributed by atoms with Crippen LogP contribution in [0.15, 0.2) is 30.3 Å². The summed E-state index contributed by atoms with van der Waals surface area (Å²) in [6.07, 6.45) is 1.33. The van der Waals surface area contributed by atoms with Gasteiger partial charge in [-0.3, -0.25) is 0 Å². The van der Waals surface area contributed by atoms with Crippen LogP contribution in [0.1, 0.15) is 23.2 Å². The molecule has 0 spiro atoms. The van der Waals surface area contributed by atoms with Crippen LogP contribution in [0.2, 0.25) is 10.0 Å². The largest absolute Gasteiger partial charge is 0.497 e. The Labute approximate surface area is 190 Å². The van der Waals surface area contributed by atoms with Crippen molar-refractivity contribution in [3.63, 3.8) is 0 Å². The molecule has 4 N–H and O–H groups in total. The number of methoxy groups -OCH3 is 2. The summed E-state index contributed by atoms with van der Waals surface area (Å²) in [4.78, 5) is 12.2. The molecule has 0 atom stereocenters. The van der Waals surface area contributed by atoms with Crippen LogP contribution in [0.3, 0.4) is 0 Å². The molecule has 0 amide bonds. The maximum Gasteiger partial charge on any atom is 0.340 e. The van der Waals surface area contributed by atoms with Crippen LogP contribution < -0.4 is 20.7 Å². The number of rotatable bonds is 9. The van der Waals surface area contributed by atoms with Crippen LogP contribution in [-0.2, 0) is 4.74 Å². The molecule has 0 aromatic heterocycles. The predicted molar refractivity (Wildman–Crippen MR) is 125 cm³/mol. The number of hydrogen-bond acceptors (Lipinski definition) is 6. The number of anilines is 3. The van der Waals surface area contributed by atoms with E-state index in [2.05, 4.69) is 16.0 Å². The van der Waals surface area contributed by atoms with Crippen molar-refractivity contribution in [3.8, 4) is 5.75 Å². The number of unbranched alkanes of at least 4 members (excludes halogenated alkanes) is 1. The standard InChI is InChI=1S/C20H23Cl2N3O4S/c1-28-12-5-8-16(15(22)11-12)24-20(30)25-18-14(21)7-6-13(19(27)29-2)17(18)23-9-3-4-10-26/h5-8,11,23,26H,3-4,9-10H2,1-2H3,(H2,24,25,30). The van der Waals surface area contributed by atoms with Gasteiger partial charge in [0.15, 0.2) is 5.11 Å². The summed E-state index contributed by atoms with van der Waals surface area (Å²) in [6.45, 7) is 0.604. The summed E-state index contributed by atoms with van der Waals surface area (Å²) in [6, 6.07) is 8.29. The Hall–Kier alpha value is -2.26. The average molecular weight is 472 g/mol. The van der Waals surface area contributed by atoms with Crippen molar-refractivity contribution in [1.29, 1.82) is 0 Å². The molecule has 2 aromatic carbocycles. The Morgan fingerprint density at radius 1 is 1.07 bits per heavy atom. The molecule has 0 heterocycles. The molecule has 0 fully saturated rings. The molecule has 0 bridgehead atoms. The number of halogens is 2. The summed E-state index contributed by atoms with van der Waals surface area (Å²) in [5, 5.41) is 19.2. The maximum atomic E-state index is 12.2. The Kier molecular flexibility index (Phi) is 9.45. The van der Waals surface area contributed by atoms with E-state index < -0.39 is 5.97 Å². The van der Waals surface area contributed by atoms with Gasteiger partial charge in [0.25, 0.3) is 0 Å². The Bertz CT molecular complexity index is 912. The minimum atomic E-state index is -0.517. The average Bonchev–Trinajstić information content (AvgIpc) is 2.74. The van der Waals surface area contributed by atoms with E-state index in [-0.39, 0.29) is 11.7 Å². The number of benzene rings is 2. The van der Waals surface area contributed by atoms with E-state index in [9.17, 15) is 4.79 Å². The molecule has 0 aliphatic heterocycles. The van der Waals surface area contributed by atoms with Gasteiger partial charge in [-0.05, 0) is 49.3 Å². The molecule has 30 heavy (non-hydrogen) atoms. The fraction of sp³-hybridized carbons (Fsp3) is 0.300. The lowest BCUT2D eigenvalue weighted by atomic mass is 10.1. The molecule has 2 aromatic rings. The molecule has 0 unspecified atom stereocenters. The SMILES string of the molecule is COC(=O)c1ccc(Cl)c(NC(=S)Nc2ccc(OC)cc2Cl)c1NCCCCO. The second-order valence-corrected chi connectivity index (χ2v) is 7.34. The van der Waals surface area contributed by atoms with E-state index in [1.165, 1.54) is 7.11 Å². The van der Waals surface area contributed by atoms with Crippen LogP contribution in [0, 0.1) is 0 Å². The van der Waals surface area contributed by atoms with Gasteiger partial charge in [-0.15, -0.1) is 0 Å². The summed E-state index contributed by atoms with van der Waals surface area (Å²) >= 11 is 18.0. The Morgan fingerprint density at radius 3 is 2.47 bits per heavy atom. The first-order valence-electron chi connectivity index (χ1n) is 9.08. The number of aliphatic hydroxyl groups is 1. The van der Waals surface area contributed by atoms with Gasteiger partial charge >= 0.3 is 5.97 Å². The number of carbonyl (C=O) groups is 1. The van der Waals surface area contributed by atoms with Gasteiger partial charge < -0.3 is 30.5 Å². The molecule has 2 rings (SSSR count). The number of hydrogen-bond donors (Lipinski definition) is 4. The van der Waals surface area contributed by atoms with E-state index in [0.29, 0.717) is 57.8 Å². The summed E-state index contributed by atoms with van der Waals surface area (Å²) in [5.74, 6) is 0.101. The normalized spacial score (nSPS) is 10.3. The van der Waals surface area contributed by atoms with Gasteiger partial charge in [0.2, 0.25) is 0 Å². The van der Waals surface area contributed by atoms with Crippen LogP contribution in [0.25, 0.3) is 0 Å². The minimum Gasteiger partial charge on any atom is -0.497 e.